The summed E-state index contributed by atoms with van der Waals surface area (Å²) in [6.45, 7) is 3.75. The van der Waals surface area contributed by atoms with Gasteiger partial charge < -0.3 is 0 Å². The Bertz CT molecular complexity index is 1050. The molecule has 0 spiro atoms. The molecule has 2 aromatic carbocycles. The Labute approximate surface area is 153 Å². The van der Waals surface area contributed by atoms with Crippen molar-refractivity contribution in [3.8, 4) is 0 Å². The summed E-state index contributed by atoms with van der Waals surface area (Å²) in [4.78, 5) is 0.295. The first-order valence-corrected chi connectivity index (χ1v) is 11.2. The maximum absolute atomic E-state index is 12.7. The number of aryl methyl sites for hydroxylation is 2. The molecule has 1 aliphatic rings. The lowest BCUT2D eigenvalue weighted by molar-refractivity contribution is 0.528. The second-order valence-electron chi connectivity index (χ2n) is 6.21. The third-order valence-electron chi connectivity index (χ3n) is 4.44. The van der Waals surface area contributed by atoms with Crippen LogP contribution in [0.2, 0.25) is 5.02 Å². The maximum atomic E-state index is 12.7. The number of benzene rings is 2. The van der Waals surface area contributed by atoms with Crippen LogP contribution in [0.3, 0.4) is 0 Å². The van der Waals surface area contributed by atoms with E-state index in [2.05, 4.69) is 4.72 Å². The van der Waals surface area contributed by atoms with Crippen molar-refractivity contribution < 1.29 is 16.8 Å². The third kappa shape index (κ3) is 3.60. The van der Waals surface area contributed by atoms with Gasteiger partial charge in [-0.3, -0.25) is 0 Å². The van der Waals surface area contributed by atoms with Gasteiger partial charge in [0.25, 0.3) is 0 Å². The average molecular weight is 400 g/mol. The first-order valence-electron chi connectivity index (χ1n) is 7.72. The summed E-state index contributed by atoms with van der Waals surface area (Å²) < 4.78 is 52.5. The molecule has 1 unspecified atom stereocenters. The summed E-state index contributed by atoms with van der Waals surface area (Å²) in [5.74, 6) is -0.109. The van der Waals surface area contributed by atoms with Crippen molar-refractivity contribution >= 4 is 31.5 Å². The molecule has 8 heteroatoms. The first-order chi connectivity index (χ1) is 11.6. The van der Waals surface area contributed by atoms with Crippen LogP contribution in [0.1, 0.15) is 29.2 Å². The molecule has 0 saturated heterocycles. The van der Waals surface area contributed by atoms with Crippen molar-refractivity contribution in [3.05, 3.63) is 58.1 Å². The van der Waals surface area contributed by atoms with Gasteiger partial charge in [0.2, 0.25) is 10.0 Å². The van der Waals surface area contributed by atoms with Crippen molar-refractivity contribution in [2.45, 2.75) is 36.1 Å². The van der Waals surface area contributed by atoms with Gasteiger partial charge >= 0.3 is 0 Å². The summed E-state index contributed by atoms with van der Waals surface area (Å²) in [7, 11) is -7.20. The number of fused-ring (bicyclic) bond motifs is 1. The van der Waals surface area contributed by atoms with Crippen LogP contribution in [0.4, 0.5) is 0 Å². The van der Waals surface area contributed by atoms with Gasteiger partial charge in [-0.2, -0.15) is 0 Å². The number of hydrogen-bond donors (Lipinski definition) is 1. The van der Waals surface area contributed by atoms with Gasteiger partial charge in [0.05, 0.1) is 15.5 Å². The largest absolute Gasteiger partial charge is 0.241 e. The molecule has 0 fully saturated rings. The molecule has 0 saturated carbocycles. The number of hydrogen-bond acceptors (Lipinski definition) is 4. The fourth-order valence-corrected chi connectivity index (χ4v) is 5.99. The minimum absolute atomic E-state index is 0.109. The SMILES string of the molecule is Cc1ccc(S(=O)(=O)NC2CCS(=O)(=O)c3ccc(Cl)cc32)cc1C. The highest BCUT2D eigenvalue weighted by atomic mass is 35.5. The van der Waals surface area contributed by atoms with E-state index < -0.39 is 25.9 Å². The molecule has 1 aliphatic heterocycles. The van der Waals surface area contributed by atoms with Gasteiger partial charge in [-0.05, 0) is 67.3 Å². The van der Waals surface area contributed by atoms with Gasteiger partial charge in [0.1, 0.15) is 0 Å². The van der Waals surface area contributed by atoms with Gasteiger partial charge in [-0.25, -0.2) is 21.6 Å². The van der Waals surface area contributed by atoms with Crippen LogP contribution in [-0.4, -0.2) is 22.6 Å². The van der Waals surface area contributed by atoms with Crippen LogP contribution in [-0.2, 0) is 19.9 Å². The zero-order valence-corrected chi connectivity index (χ0v) is 16.2. The van der Waals surface area contributed by atoms with E-state index >= 15 is 0 Å². The minimum atomic E-state index is -3.78. The van der Waals surface area contributed by atoms with Gasteiger partial charge in [-0.1, -0.05) is 17.7 Å². The maximum Gasteiger partial charge on any atom is 0.241 e. The molecule has 1 heterocycles. The normalized spacial score (nSPS) is 19.4. The highest BCUT2D eigenvalue weighted by Gasteiger charge is 2.33. The smallest absolute Gasteiger partial charge is 0.224 e. The van der Waals surface area contributed by atoms with Crippen LogP contribution < -0.4 is 4.72 Å². The molecule has 5 nitrogen and oxygen atoms in total. The molecule has 134 valence electrons. The van der Waals surface area contributed by atoms with Gasteiger partial charge in [0, 0.05) is 11.1 Å². The van der Waals surface area contributed by atoms with Crippen molar-refractivity contribution in [3.63, 3.8) is 0 Å². The van der Waals surface area contributed by atoms with E-state index in [4.69, 9.17) is 11.6 Å². The molecule has 1 N–H and O–H groups in total. The van der Waals surface area contributed by atoms with Gasteiger partial charge in [-0.15, -0.1) is 0 Å². The predicted molar refractivity (Wildman–Crippen MR) is 97.1 cm³/mol. The number of sulfonamides is 1. The molecule has 0 amide bonds. The topological polar surface area (TPSA) is 80.3 Å². The standard InChI is InChI=1S/C17H18ClNO4S2/c1-11-3-5-14(9-12(11)2)25(22,23)19-16-7-8-24(20,21)17-6-4-13(18)10-15(16)17/h3-6,9-10,16,19H,7-8H2,1-2H3. The number of rotatable bonds is 3. The molecular formula is C17H18ClNO4S2. The van der Waals surface area contributed by atoms with Crippen molar-refractivity contribution in [1.82, 2.24) is 4.72 Å². The summed E-state index contributed by atoms with van der Waals surface area (Å²) >= 11 is 5.99. The average Bonchev–Trinajstić information content (AvgIpc) is 2.52. The van der Waals surface area contributed by atoms with Crippen LogP contribution in [0.25, 0.3) is 0 Å². The number of sulfone groups is 1. The molecule has 3 rings (SSSR count). The van der Waals surface area contributed by atoms with E-state index in [0.29, 0.717) is 10.6 Å². The van der Waals surface area contributed by atoms with Crippen molar-refractivity contribution in [1.29, 1.82) is 0 Å². The van der Waals surface area contributed by atoms with Crippen LogP contribution in [0.15, 0.2) is 46.2 Å². The van der Waals surface area contributed by atoms with E-state index in [9.17, 15) is 16.8 Å². The molecule has 1 atom stereocenters. The van der Waals surface area contributed by atoms with Crippen LogP contribution in [0.5, 0.6) is 0 Å². The van der Waals surface area contributed by atoms with E-state index in [1.807, 2.05) is 13.8 Å². The Morgan fingerprint density at radius 2 is 1.80 bits per heavy atom. The Morgan fingerprint density at radius 3 is 2.48 bits per heavy atom. The number of nitrogens with one attached hydrogen (secondary N) is 1. The summed E-state index contributed by atoms with van der Waals surface area (Å²) in [5.41, 5.74) is 2.27. The minimum Gasteiger partial charge on any atom is -0.224 e. The highest BCUT2D eigenvalue weighted by Crippen LogP contribution is 2.35. The molecule has 2 aromatic rings. The Hall–Kier alpha value is -1.41. The monoisotopic (exact) mass is 399 g/mol. The van der Waals surface area contributed by atoms with Crippen LogP contribution in [0, 0.1) is 13.8 Å². The number of halogens is 1. The van der Waals surface area contributed by atoms with Crippen LogP contribution >= 0.6 is 11.6 Å². The van der Waals surface area contributed by atoms with E-state index in [1.54, 1.807) is 18.2 Å². The lowest BCUT2D eigenvalue weighted by atomic mass is 10.1. The summed E-state index contributed by atoms with van der Waals surface area (Å²) in [6, 6.07) is 8.71. The second-order valence-corrected chi connectivity index (χ2v) is 10.4. The van der Waals surface area contributed by atoms with E-state index in [0.717, 1.165) is 11.1 Å². The van der Waals surface area contributed by atoms with Gasteiger partial charge in [0.15, 0.2) is 9.84 Å². The third-order valence-corrected chi connectivity index (χ3v) is 7.96. The first kappa shape index (κ1) is 18.4. The zero-order chi connectivity index (χ0) is 18.4. The summed E-state index contributed by atoms with van der Waals surface area (Å²) in [6.07, 6.45) is 0.166. The fraction of sp³-hybridized carbons (Fsp3) is 0.294. The van der Waals surface area contributed by atoms with Crippen molar-refractivity contribution in [2.24, 2.45) is 0 Å². The Balaban J connectivity index is 2.01. The van der Waals surface area contributed by atoms with E-state index in [-0.39, 0.29) is 22.0 Å². The second kappa shape index (κ2) is 6.39. The highest BCUT2D eigenvalue weighted by molar-refractivity contribution is 7.91. The fourth-order valence-electron chi connectivity index (χ4n) is 2.87. The molecule has 0 bridgehead atoms. The lowest BCUT2D eigenvalue weighted by Crippen LogP contribution is -2.34. The zero-order valence-electron chi connectivity index (χ0n) is 13.8. The van der Waals surface area contributed by atoms with E-state index in [1.165, 1.54) is 18.2 Å². The summed E-state index contributed by atoms with van der Waals surface area (Å²) in [5, 5.41) is 0.367. The predicted octanol–water partition coefficient (Wildman–Crippen LogP) is 3.15. The quantitative estimate of drug-likeness (QED) is 0.859. The molecule has 0 aliphatic carbocycles. The Morgan fingerprint density at radius 1 is 1.08 bits per heavy atom. The molecule has 0 aromatic heterocycles. The van der Waals surface area contributed by atoms with Crippen molar-refractivity contribution in [2.75, 3.05) is 5.75 Å². The molecular weight excluding hydrogens is 382 g/mol. The molecule has 0 radical (unpaired) electrons. The lowest BCUT2D eigenvalue weighted by Gasteiger charge is -2.26. The molecule has 25 heavy (non-hydrogen) atoms. The Kier molecular flexibility index (Phi) is 4.70.